The quantitative estimate of drug-likeness (QED) is 0.562. The van der Waals surface area contributed by atoms with Gasteiger partial charge >= 0.3 is 0 Å². The number of amides is 2. The van der Waals surface area contributed by atoms with Gasteiger partial charge in [-0.1, -0.05) is 38.1 Å². The molecule has 0 bridgehead atoms. The van der Waals surface area contributed by atoms with E-state index in [2.05, 4.69) is 5.32 Å². The summed E-state index contributed by atoms with van der Waals surface area (Å²) in [5.41, 5.74) is 2.99. The zero-order valence-corrected chi connectivity index (χ0v) is 20.1. The predicted octanol–water partition coefficient (Wildman–Crippen LogP) is 4.41. The highest BCUT2D eigenvalue weighted by molar-refractivity contribution is 5.88. The van der Waals surface area contributed by atoms with Crippen molar-refractivity contribution in [2.75, 3.05) is 13.7 Å². The number of nitrogens with zero attached hydrogens (tertiary/aromatic N) is 1. The van der Waals surface area contributed by atoms with Gasteiger partial charge in [0, 0.05) is 12.6 Å². The molecule has 0 heterocycles. The van der Waals surface area contributed by atoms with Crippen molar-refractivity contribution in [3.05, 3.63) is 59.2 Å². The Hall–Kier alpha value is -3.02. The topological polar surface area (TPSA) is 67.9 Å². The van der Waals surface area contributed by atoms with Crippen molar-refractivity contribution < 1.29 is 19.1 Å². The lowest BCUT2D eigenvalue weighted by Crippen LogP contribution is -2.51. The molecule has 0 saturated heterocycles. The van der Waals surface area contributed by atoms with Gasteiger partial charge in [-0.3, -0.25) is 9.59 Å². The fraction of sp³-hybridized carbons (Fsp3) is 0.462. The van der Waals surface area contributed by atoms with Gasteiger partial charge in [-0.25, -0.2) is 0 Å². The number of aryl methyl sites for hydroxylation is 1. The van der Waals surface area contributed by atoms with Gasteiger partial charge in [-0.05, 0) is 68.5 Å². The molecule has 2 aromatic rings. The van der Waals surface area contributed by atoms with Gasteiger partial charge < -0.3 is 19.7 Å². The zero-order valence-electron chi connectivity index (χ0n) is 20.1. The molecule has 2 atom stereocenters. The Bertz CT molecular complexity index is 912. The summed E-state index contributed by atoms with van der Waals surface area (Å²) in [7, 11) is 1.61. The molecule has 0 aliphatic heterocycles. The number of hydrogen-bond donors (Lipinski definition) is 1. The second-order valence-corrected chi connectivity index (χ2v) is 8.10. The summed E-state index contributed by atoms with van der Waals surface area (Å²) < 4.78 is 11.2. The number of carbonyl (C=O) groups excluding carboxylic acids is 2. The first kappa shape index (κ1) is 25.2. The number of ether oxygens (including phenoxy) is 2. The first-order chi connectivity index (χ1) is 15.3. The van der Waals surface area contributed by atoms with Crippen molar-refractivity contribution in [3.63, 3.8) is 0 Å². The number of methoxy groups -OCH3 is 1. The molecular weight excluding hydrogens is 404 g/mol. The molecule has 0 unspecified atom stereocenters. The Morgan fingerprint density at radius 3 is 2.44 bits per heavy atom. The van der Waals surface area contributed by atoms with Crippen molar-refractivity contribution in [2.24, 2.45) is 0 Å². The zero-order chi connectivity index (χ0) is 23.7. The van der Waals surface area contributed by atoms with Crippen LogP contribution in [0.2, 0.25) is 0 Å². The molecular formula is C26H36N2O4. The molecule has 32 heavy (non-hydrogen) atoms. The van der Waals surface area contributed by atoms with Crippen LogP contribution >= 0.6 is 0 Å². The van der Waals surface area contributed by atoms with Crippen LogP contribution in [0.15, 0.2) is 42.5 Å². The van der Waals surface area contributed by atoms with E-state index in [9.17, 15) is 9.59 Å². The van der Waals surface area contributed by atoms with Crippen molar-refractivity contribution in [3.8, 4) is 11.5 Å². The normalized spacial score (nSPS) is 12.6. The minimum atomic E-state index is -0.593. The lowest BCUT2D eigenvalue weighted by atomic mass is 10.1. The van der Waals surface area contributed by atoms with Crippen LogP contribution in [0, 0.1) is 13.8 Å². The molecule has 0 fully saturated rings. The van der Waals surface area contributed by atoms with Crippen molar-refractivity contribution in [1.82, 2.24) is 10.2 Å². The van der Waals surface area contributed by atoms with Gasteiger partial charge in [0.2, 0.25) is 5.91 Å². The summed E-state index contributed by atoms with van der Waals surface area (Å²) in [6, 6.07) is 12.8. The Kier molecular flexibility index (Phi) is 9.57. The first-order valence-electron chi connectivity index (χ1n) is 11.2. The molecule has 2 aromatic carbocycles. The highest BCUT2D eigenvalue weighted by Gasteiger charge is 2.29. The summed E-state index contributed by atoms with van der Waals surface area (Å²) in [5.74, 6) is 1.00. The van der Waals surface area contributed by atoms with Gasteiger partial charge in [0.25, 0.3) is 5.91 Å². The molecule has 174 valence electrons. The summed E-state index contributed by atoms with van der Waals surface area (Å²) >= 11 is 0. The minimum absolute atomic E-state index is 0.0384. The van der Waals surface area contributed by atoms with Crippen molar-refractivity contribution in [1.29, 1.82) is 0 Å². The summed E-state index contributed by atoms with van der Waals surface area (Å²) in [6.45, 7) is 10.0. The maximum absolute atomic E-state index is 13.3. The van der Waals surface area contributed by atoms with E-state index in [-0.39, 0.29) is 24.5 Å². The molecule has 0 aromatic heterocycles. The van der Waals surface area contributed by atoms with Crippen LogP contribution in [0.4, 0.5) is 0 Å². The van der Waals surface area contributed by atoms with E-state index in [4.69, 9.17) is 9.47 Å². The number of nitrogens with one attached hydrogen (secondary N) is 1. The molecule has 1 N–H and O–H groups in total. The van der Waals surface area contributed by atoms with Crippen LogP contribution < -0.4 is 14.8 Å². The third kappa shape index (κ3) is 6.74. The van der Waals surface area contributed by atoms with E-state index in [0.717, 1.165) is 23.1 Å². The van der Waals surface area contributed by atoms with Gasteiger partial charge in [-0.2, -0.15) is 0 Å². The largest absolute Gasteiger partial charge is 0.497 e. The smallest absolute Gasteiger partial charge is 0.261 e. The summed E-state index contributed by atoms with van der Waals surface area (Å²) in [6.07, 6.45) is 1.32. The molecule has 0 aliphatic carbocycles. The Labute approximate surface area is 191 Å². The van der Waals surface area contributed by atoms with E-state index < -0.39 is 6.04 Å². The Morgan fingerprint density at radius 1 is 1.06 bits per heavy atom. The molecule has 2 amide bonds. The SMILES string of the molecule is CC[C@@H](C)NC(=O)[C@H](CC)N(Cc1cccc(OC)c1)C(=O)COc1cccc(C)c1C. The van der Waals surface area contributed by atoms with Gasteiger partial charge in [0.05, 0.1) is 7.11 Å². The third-order valence-corrected chi connectivity index (χ3v) is 5.78. The number of benzene rings is 2. The van der Waals surface area contributed by atoms with Gasteiger partial charge in [-0.15, -0.1) is 0 Å². The first-order valence-corrected chi connectivity index (χ1v) is 11.2. The van der Waals surface area contributed by atoms with Crippen LogP contribution in [0.3, 0.4) is 0 Å². The van der Waals surface area contributed by atoms with E-state index in [1.165, 1.54) is 0 Å². The fourth-order valence-electron chi connectivity index (χ4n) is 3.43. The summed E-state index contributed by atoms with van der Waals surface area (Å²) in [4.78, 5) is 27.9. The van der Waals surface area contributed by atoms with E-state index in [1.54, 1.807) is 12.0 Å². The van der Waals surface area contributed by atoms with Crippen molar-refractivity contribution in [2.45, 2.75) is 66.1 Å². The van der Waals surface area contributed by atoms with Crippen LogP contribution in [0.25, 0.3) is 0 Å². The second kappa shape index (κ2) is 12.1. The van der Waals surface area contributed by atoms with E-state index in [0.29, 0.717) is 24.5 Å². The standard InChI is InChI=1S/C26H36N2O4/c1-7-19(4)27-26(30)23(8-2)28(16-21-12-10-13-22(15-21)31-6)25(29)17-32-24-14-9-11-18(3)20(24)5/h9-15,19,23H,7-8,16-17H2,1-6H3,(H,27,30)/t19-,23+/m1/s1. The molecule has 6 nitrogen and oxygen atoms in total. The molecule has 2 rings (SSSR count). The molecule has 0 saturated carbocycles. The molecule has 0 spiro atoms. The lowest BCUT2D eigenvalue weighted by Gasteiger charge is -2.31. The molecule has 0 aliphatic rings. The molecule has 0 radical (unpaired) electrons. The predicted molar refractivity (Wildman–Crippen MR) is 127 cm³/mol. The van der Waals surface area contributed by atoms with E-state index in [1.807, 2.05) is 77.1 Å². The maximum atomic E-state index is 13.3. The lowest BCUT2D eigenvalue weighted by molar-refractivity contribution is -0.143. The minimum Gasteiger partial charge on any atom is -0.497 e. The number of rotatable bonds is 11. The van der Waals surface area contributed by atoms with Crippen LogP contribution in [0.5, 0.6) is 11.5 Å². The monoisotopic (exact) mass is 440 g/mol. The highest BCUT2D eigenvalue weighted by atomic mass is 16.5. The average Bonchev–Trinajstić information content (AvgIpc) is 2.79. The Balaban J connectivity index is 2.27. The molecule has 6 heteroatoms. The van der Waals surface area contributed by atoms with E-state index >= 15 is 0 Å². The maximum Gasteiger partial charge on any atom is 0.261 e. The summed E-state index contributed by atoms with van der Waals surface area (Å²) in [5, 5.41) is 3.02. The Morgan fingerprint density at radius 2 is 1.78 bits per heavy atom. The van der Waals surface area contributed by atoms with Crippen LogP contribution in [-0.2, 0) is 16.1 Å². The van der Waals surface area contributed by atoms with Gasteiger partial charge in [0.1, 0.15) is 17.5 Å². The van der Waals surface area contributed by atoms with Crippen LogP contribution in [-0.4, -0.2) is 42.5 Å². The fourth-order valence-corrected chi connectivity index (χ4v) is 3.43. The van der Waals surface area contributed by atoms with Crippen LogP contribution in [0.1, 0.15) is 50.3 Å². The second-order valence-electron chi connectivity index (χ2n) is 8.10. The average molecular weight is 441 g/mol. The third-order valence-electron chi connectivity index (χ3n) is 5.78. The highest BCUT2D eigenvalue weighted by Crippen LogP contribution is 2.22. The number of carbonyl (C=O) groups is 2. The van der Waals surface area contributed by atoms with Gasteiger partial charge in [0.15, 0.2) is 6.61 Å². The number of hydrogen-bond acceptors (Lipinski definition) is 4. The van der Waals surface area contributed by atoms with Crippen molar-refractivity contribution >= 4 is 11.8 Å².